The standard InChI is InChI=1S/C27H31N3O2S/c1-27(2,3)22-14-16-23(17-15-22)33(31,32)28-19-20-30-25-12-8-7-11-24(25)29-26(30)18-13-21-9-5-4-6-10-21/h4-12,14-17,28H,13,18-20H2,1-3H3. The summed E-state index contributed by atoms with van der Waals surface area (Å²) in [7, 11) is -3.58. The molecule has 0 unspecified atom stereocenters. The van der Waals surface area contributed by atoms with Crippen molar-refractivity contribution < 1.29 is 8.42 Å². The number of benzene rings is 3. The van der Waals surface area contributed by atoms with Crippen LogP contribution in [0.3, 0.4) is 0 Å². The molecule has 1 N–H and O–H groups in total. The van der Waals surface area contributed by atoms with E-state index in [-0.39, 0.29) is 10.3 Å². The lowest BCUT2D eigenvalue weighted by Crippen LogP contribution is -2.28. The first-order chi connectivity index (χ1) is 15.7. The van der Waals surface area contributed by atoms with Crippen molar-refractivity contribution in [2.75, 3.05) is 6.54 Å². The average Bonchev–Trinajstić information content (AvgIpc) is 3.15. The summed E-state index contributed by atoms with van der Waals surface area (Å²) in [4.78, 5) is 5.11. The molecule has 3 aromatic carbocycles. The van der Waals surface area contributed by atoms with Crippen molar-refractivity contribution in [2.45, 2.75) is 50.5 Å². The number of aromatic nitrogens is 2. The quantitative estimate of drug-likeness (QED) is 0.397. The third-order valence-corrected chi connectivity index (χ3v) is 7.35. The monoisotopic (exact) mass is 461 g/mol. The number of imidazole rings is 1. The number of para-hydroxylation sites is 2. The molecule has 1 heterocycles. The summed E-state index contributed by atoms with van der Waals surface area (Å²) in [6.07, 6.45) is 1.68. The van der Waals surface area contributed by atoms with E-state index in [4.69, 9.17) is 4.98 Å². The Morgan fingerprint density at radius 3 is 2.21 bits per heavy atom. The maximum Gasteiger partial charge on any atom is 0.240 e. The summed E-state index contributed by atoms with van der Waals surface area (Å²) < 4.78 is 30.6. The summed E-state index contributed by atoms with van der Waals surface area (Å²) >= 11 is 0. The van der Waals surface area contributed by atoms with Crippen molar-refractivity contribution in [1.29, 1.82) is 0 Å². The number of fused-ring (bicyclic) bond motifs is 1. The molecule has 6 heteroatoms. The lowest BCUT2D eigenvalue weighted by atomic mass is 9.87. The van der Waals surface area contributed by atoms with Crippen LogP contribution in [0.15, 0.2) is 83.8 Å². The van der Waals surface area contributed by atoms with Crippen LogP contribution in [-0.2, 0) is 34.8 Å². The molecule has 4 aromatic rings. The fourth-order valence-electron chi connectivity index (χ4n) is 3.98. The fourth-order valence-corrected chi connectivity index (χ4v) is 5.00. The molecule has 0 aliphatic heterocycles. The third kappa shape index (κ3) is 5.52. The normalized spacial score (nSPS) is 12.3. The minimum absolute atomic E-state index is 0.0195. The average molecular weight is 462 g/mol. The highest BCUT2D eigenvalue weighted by molar-refractivity contribution is 7.89. The van der Waals surface area contributed by atoms with Gasteiger partial charge in [0.1, 0.15) is 5.82 Å². The van der Waals surface area contributed by atoms with Gasteiger partial charge >= 0.3 is 0 Å². The highest BCUT2D eigenvalue weighted by Gasteiger charge is 2.18. The lowest BCUT2D eigenvalue weighted by Gasteiger charge is -2.19. The van der Waals surface area contributed by atoms with Gasteiger partial charge in [-0.25, -0.2) is 18.1 Å². The van der Waals surface area contributed by atoms with Crippen molar-refractivity contribution in [3.8, 4) is 0 Å². The summed E-state index contributed by atoms with van der Waals surface area (Å²) in [6, 6.07) is 25.5. The van der Waals surface area contributed by atoms with Gasteiger partial charge in [0.25, 0.3) is 0 Å². The fraction of sp³-hybridized carbons (Fsp3) is 0.296. The summed E-state index contributed by atoms with van der Waals surface area (Å²) in [5.74, 6) is 0.966. The van der Waals surface area contributed by atoms with Gasteiger partial charge in [-0.3, -0.25) is 0 Å². The molecule has 0 atom stereocenters. The molecule has 0 spiro atoms. The number of nitrogens with one attached hydrogen (secondary N) is 1. The first kappa shape index (κ1) is 23.2. The predicted molar refractivity (Wildman–Crippen MR) is 134 cm³/mol. The van der Waals surface area contributed by atoms with Crippen molar-refractivity contribution >= 4 is 21.1 Å². The van der Waals surface area contributed by atoms with Gasteiger partial charge in [0.05, 0.1) is 15.9 Å². The van der Waals surface area contributed by atoms with Crippen molar-refractivity contribution in [3.05, 3.63) is 95.8 Å². The summed E-state index contributed by atoms with van der Waals surface area (Å²) in [5.41, 5.74) is 4.30. The maximum absolute atomic E-state index is 12.8. The molecule has 0 bridgehead atoms. The number of aryl methyl sites for hydroxylation is 2. The minimum Gasteiger partial charge on any atom is -0.327 e. The number of hydrogen-bond donors (Lipinski definition) is 1. The van der Waals surface area contributed by atoms with Gasteiger partial charge in [-0.1, -0.05) is 75.4 Å². The molecule has 1 aromatic heterocycles. The molecular formula is C27H31N3O2S. The van der Waals surface area contributed by atoms with Gasteiger partial charge in [0, 0.05) is 19.5 Å². The van der Waals surface area contributed by atoms with Crippen LogP contribution in [0, 0.1) is 0 Å². The summed E-state index contributed by atoms with van der Waals surface area (Å²) in [6.45, 7) is 7.14. The van der Waals surface area contributed by atoms with E-state index < -0.39 is 10.0 Å². The zero-order chi connectivity index (χ0) is 23.5. The van der Waals surface area contributed by atoms with Crippen molar-refractivity contribution in [2.24, 2.45) is 0 Å². The van der Waals surface area contributed by atoms with Crippen molar-refractivity contribution in [3.63, 3.8) is 0 Å². The Balaban J connectivity index is 1.48. The third-order valence-electron chi connectivity index (χ3n) is 5.87. The Kier molecular flexibility index (Phi) is 6.68. The van der Waals surface area contributed by atoms with E-state index in [9.17, 15) is 8.42 Å². The number of sulfonamides is 1. The highest BCUT2D eigenvalue weighted by atomic mass is 32.2. The van der Waals surface area contributed by atoms with Crippen LogP contribution in [0.4, 0.5) is 0 Å². The molecule has 172 valence electrons. The Hall–Kier alpha value is -2.96. The number of hydrogen-bond acceptors (Lipinski definition) is 3. The van der Waals surface area contributed by atoms with Crippen LogP contribution in [0.2, 0.25) is 0 Å². The van der Waals surface area contributed by atoms with Crippen molar-refractivity contribution in [1.82, 2.24) is 14.3 Å². The molecule has 0 aliphatic carbocycles. The summed E-state index contributed by atoms with van der Waals surface area (Å²) in [5, 5.41) is 0. The number of nitrogens with zero attached hydrogens (tertiary/aromatic N) is 2. The van der Waals surface area contributed by atoms with Gasteiger partial charge in [-0.05, 0) is 47.2 Å². The van der Waals surface area contributed by atoms with E-state index in [0.717, 1.165) is 35.3 Å². The van der Waals surface area contributed by atoms with Crippen LogP contribution in [0.1, 0.15) is 37.7 Å². The van der Waals surface area contributed by atoms with Crippen LogP contribution in [0.25, 0.3) is 11.0 Å². The Bertz CT molecular complexity index is 1320. The van der Waals surface area contributed by atoms with Gasteiger partial charge in [-0.2, -0.15) is 0 Å². The molecule has 0 saturated carbocycles. The minimum atomic E-state index is -3.58. The smallest absolute Gasteiger partial charge is 0.240 e. The Morgan fingerprint density at radius 1 is 0.848 bits per heavy atom. The first-order valence-corrected chi connectivity index (χ1v) is 12.8. The van der Waals surface area contributed by atoms with Crippen LogP contribution in [0.5, 0.6) is 0 Å². The lowest BCUT2D eigenvalue weighted by molar-refractivity contribution is 0.569. The zero-order valence-electron chi connectivity index (χ0n) is 19.5. The molecule has 0 radical (unpaired) electrons. The van der Waals surface area contributed by atoms with Gasteiger partial charge < -0.3 is 4.57 Å². The molecule has 0 aliphatic rings. The SMILES string of the molecule is CC(C)(C)c1ccc(S(=O)(=O)NCCn2c(CCc3ccccc3)nc3ccccc32)cc1. The molecular weight excluding hydrogens is 430 g/mol. The predicted octanol–water partition coefficient (Wildman–Crippen LogP) is 5.10. The Morgan fingerprint density at radius 2 is 1.52 bits per heavy atom. The Labute approximate surface area is 196 Å². The largest absolute Gasteiger partial charge is 0.327 e. The van der Waals surface area contributed by atoms with Crippen LogP contribution in [-0.4, -0.2) is 24.5 Å². The van der Waals surface area contributed by atoms with Gasteiger partial charge in [0.15, 0.2) is 0 Å². The first-order valence-electron chi connectivity index (χ1n) is 11.3. The van der Waals surface area contributed by atoms with Crippen LogP contribution >= 0.6 is 0 Å². The molecule has 0 amide bonds. The van der Waals surface area contributed by atoms with E-state index in [1.807, 2.05) is 54.6 Å². The molecule has 0 saturated heterocycles. The second kappa shape index (κ2) is 9.49. The van der Waals surface area contributed by atoms with Crippen LogP contribution < -0.4 is 4.72 Å². The maximum atomic E-state index is 12.8. The van der Waals surface area contributed by atoms with E-state index in [1.165, 1.54) is 5.56 Å². The highest BCUT2D eigenvalue weighted by Crippen LogP contribution is 2.23. The van der Waals surface area contributed by atoms with E-state index in [0.29, 0.717) is 13.1 Å². The molecule has 33 heavy (non-hydrogen) atoms. The van der Waals surface area contributed by atoms with Gasteiger partial charge in [-0.15, -0.1) is 0 Å². The second-order valence-electron chi connectivity index (χ2n) is 9.33. The van der Waals surface area contributed by atoms with E-state index in [2.05, 4.69) is 42.2 Å². The molecule has 5 nitrogen and oxygen atoms in total. The zero-order valence-corrected chi connectivity index (χ0v) is 20.3. The number of rotatable bonds is 8. The molecule has 0 fully saturated rings. The van der Waals surface area contributed by atoms with E-state index >= 15 is 0 Å². The van der Waals surface area contributed by atoms with E-state index in [1.54, 1.807) is 12.1 Å². The second-order valence-corrected chi connectivity index (χ2v) is 11.1. The molecule has 4 rings (SSSR count). The topological polar surface area (TPSA) is 64.0 Å². The van der Waals surface area contributed by atoms with Gasteiger partial charge in [0.2, 0.25) is 10.0 Å².